The molecule has 1 atom stereocenters. The van der Waals surface area contributed by atoms with Crippen LogP contribution in [-0.2, 0) is 37.0 Å². The van der Waals surface area contributed by atoms with Gasteiger partial charge < -0.3 is 9.29 Å². The smallest absolute Gasteiger partial charge is 0.321 e. The number of hydrogen-bond donors (Lipinski definition) is 0. The van der Waals surface area contributed by atoms with E-state index >= 15 is 0 Å². The Morgan fingerprint density at radius 1 is 1.30 bits per heavy atom. The summed E-state index contributed by atoms with van der Waals surface area (Å²) >= 11 is -1.07. The zero-order valence-electron chi connectivity index (χ0n) is 11.5. The summed E-state index contributed by atoms with van der Waals surface area (Å²) < 4.78 is 39.5. The molecule has 0 fully saturated rings. The van der Waals surface area contributed by atoms with E-state index in [4.69, 9.17) is 4.74 Å². The molecule has 0 N–H and O–H groups in total. The van der Waals surface area contributed by atoms with E-state index in [0.717, 1.165) is 12.0 Å². The summed E-state index contributed by atoms with van der Waals surface area (Å²) in [5.74, 6) is -1.32. The second kappa shape index (κ2) is 7.66. The lowest BCUT2D eigenvalue weighted by Crippen LogP contribution is -2.21. The third-order valence-corrected chi connectivity index (χ3v) is 4.98. The highest BCUT2D eigenvalue weighted by molar-refractivity contribution is 7.92. The van der Waals surface area contributed by atoms with Crippen molar-refractivity contribution in [3.05, 3.63) is 29.8 Å². The minimum Gasteiger partial charge on any atom is -0.616 e. The second-order valence-electron chi connectivity index (χ2n) is 4.25. The molecule has 0 aromatic heterocycles. The molecule has 0 aliphatic rings. The molecule has 0 amide bonds. The van der Waals surface area contributed by atoms with Gasteiger partial charge in [0.05, 0.1) is 11.2 Å². The summed E-state index contributed by atoms with van der Waals surface area (Å²) in [5, 5.41) is 0. The summed E-state index contributed by atoms with van der Waals surface area (Å²) in [7, 11) is -3.69. The average Bonchev–Trinajstić information content (AvgIpc) is 2.37. The summed E-state index contributed by atoms with van der Waals surface area (Å²) in [5.41, 5.74) is 1.02. The minimum absolute atomic E-state index is 0.0355. The summed E-state index contributed by atoms with van der Waals surface area (Å²) in [6, 6.07) is 6.42. The van der Waals surface area contributed by atoms with E-state index in [9.17, 15) is 17.8 Å². The van der Waals surface area contributed by atoms with E-state index in [0.29, 0.717) is 0 Å². The van der Waals surface area contributed by atoms with Gasteiger partial charge in [0.1, 0.15) is 12.4 Å². The summed E-state index contributed by atoms with van der Waals surface area (Å²) in [6.45, 7) is 1.94. The molecule has 0 bridgehead atoms. The summed E-state index contributed by atoms with van der Waals surface area (Å²) in [6.07, 6.45) is 2.30. The number of carbonyl (C=O) groups excluding carboxylic acids is 1. The van der Waals surface area contributed by atoms with Crippen molar-refractivity contribution >= 4 is 27.0 Å². The highest BCUT2D eigenvalue weighted by Crippen LogP contribution is 2.13. The van der Waals surface area contributed by atoms with Crippen molar-refractivity contribution in [3.63, 3.8) is 0 Å². The lowest BCUT2D eigenvalue weighted by molar-refractivity contribution is -0.139. The van der Waals surface area contributed by atoms with E-state index in [1.807, 2.05) is 6.92 Å². The first-order valence-electron chi connectivity index (χ1n) is 6.12. The number of hydrogen-bond acceptors (Lipinski definition) is 5. The number of sulfone groups is 1. The van der Waals surface area contributed by atoms with Crippen molar-refractivity contribution < 1.29 is 22.5 Å². The quantitative estimate of drug-likeness (QED) is 0.552. The Bertz CT molecular complexity index is 534. The zero-order valence-corrected chi connectivity index (χ0v) is 13.1. The Balaban J connectivity index is 2.62. The van der Waals surface area contributed by atoms with Gasteiger partial charge in [-0.1, -0.05) is 30.2 Å². The van der Waals surface area contributed by atoms with Crippen LogP contribution in [0.3, 0.4) is 0 Å². The predicted molar refractivity (Wildman–Crippen MR) is 77.8 cm³/mol. The Morgan fingerprint density at radius 2 is 1.90 bits per heavy atom. The molecule has 0 aliphatic carbocycles. The lowest BCUT2D eigenvalue weighted by atomic mass is 10.2. The first kappa shape index (κ1) is 17.0. The molecule has 0 radical (unpaired) electrons. The molecule has 1 aromatic rings. The van der Waals surface area contributed by atoms with Crippen molar-refractivity contribution in [2.24, 2.45) is 0 Å². The fraction of sp³-hybridized carbons (Fsp3) is 0.462. The first-order chi connectivity index (χ1) is 9.35. The van der Waals surface area contributed by atoms with Gasteiger partial charge in [0.15, 0.2) is 15.6 Å². The summed E-state index contributed by atoms with van der Waals surface area (Å²) in [4.78, 5) is 11.5. The molecular weight excluding hydrogens is 300 g/mol. The Morgan fingerprint density at radius 3 is 2.40 bits per heavy atom. The van der Waals surface area contributed by atoms with Crippen LogP contribution in [0.4, 0.5) is 0 Å². The van der Waals surface area contributed by atoms with Crippen LogP contribution in [0, 0.1) is 0 Å². The number of benzene rings is 1. The van der Waals surface area contributed by atoms with Crippen LogP contribution < -0.4 is 0 Å². The topological polar surface area (TPSA) is 83.5 Å². The molecule has 7 heteroatoms. The van der Waals surface area contributed by atoms with E-state index in [-0.39, 0.29) is 17.3 Å². The SMILES string of the molecule is CCc1ccc(S(=O)(=O)CC(=O)OCC[S+](C)[O-])cc1. The van der Waals surface area contributed by atoms with Gasteiger partial charge in [0, 0.05) is 0 Å². The minimum atomic E-state index is -3.69. The van der Waals surface area contributed by atoms with Crippen LogP contribution in [-0.4, -0.2) is 43.3 Å². The molecular formula is C13H18O5S2. The highest BCUT2D eigenvalue weighted by Gasteiger charge is 2.20. The molecule has 1 aromatic carbocycles. The molecule has 0 aliphatic heterocycles. The molecule has 5 nitrogen and oxygen atoms in total. The van der Waals surface area contributed by atoms with Crippen LogP contribution in [0.1, 0.15) is 12.5 Å². The molecule has 1 unspecified atom stereocenters. The van der Waals surface area contributed by atoms with Crippen molar-refractivity contribution in [1.82, 2.24) is 0 Å². The highest BCUT2D eigenvalue weighted by atomic mass is 32.2. The van der Waals surface area contributed by atoms with Crippen LogP contribution in [0.15, 0.2) is 29.2 Å². The fourth-order valence-electron chi connectivity index (χ4n) is 1.49. The van der Waals surface area contributed by atoms with E-state index in [1.165, 1.54) is 18.4 Å². The molecule has 20 heavy (non-hydrogen) atoms. The van der Waals surface area contributed by atoms with Crippen LogP contribution in [0.2, 0.25) is 0 Å². The van der Waals surface area contributed by atoms with Crippen molar-refractivity contribution in [1.29, 1.82) is 0 Å². The standard InChI is InChI=1S/C13H18O5S2/c1-3-11-4-6-12(7-5-11)20(16,17)10-13(14)18-8-9-19(2)15/h4-7H,3,8-10H2,1-2H3. The molecule has 0 saturated carbocycles. The van der Waals surface area contributed by atoms with Crippen molar-refractivity contribution in [2.75, 3.05) is 24.4 Å². The van der Waals surface area contributed by atoms with Crippen LogP contribution in [0.5, 0.6) is 0 Å². The number of esters is 1. The average molecular weight is 318 g/mol. The number of ether oxygens (including phenoxy) is 1. The number of aryl methyl sites for hydroxylation is 1. The molecule has 0 spiro atoms. The third kappa shape index (κ3) is 5.52. The maximum atomic E-state index is 12.0. The first-order valence-corrected chi connectivity index (χ1v) is 9.50. The largest absolute Gasteiger partial charge is 0.616 e. The molecule has 1 rings (SSSR count). The number of rotatable bonds is 7. The zero-order chi connectivity index (χ0) is 15.2. The second-order valence-corrected chi connectivity index (χ2v) is 7.80. The number of carbonyl (C=O) groups is 1. The Kier molecular flexibility index (Phi) is 6.51. The van der Waals surface area contributed by atoms with Gasteiger partial charge >= 0.3 is 5.97 Å². The lowest BCUT2D eigenvalue weighted by Gasteiger charge is -2.07. The van der Waals surface area contributed by atoms with Gasteiger partial charge in [-0.15, -0.1) is 0 Å². The molecule has 112 valence electrons. The monoisotopic (exact) mass is 318 g/mol. The Labute approximate surface area is 122 Å². The van der Waals surface area contributed by atoms with Crippen LogP contribution >= 0.6 is 0 Å². The maximum absolute atomic E-state index is 12.0. The Hall–Kier alpha value is -1.05. The maximum Gasteiger partial charge on any atom is 0.321 e. The fourth-order valence-corrected chi connectivity index (χ4v) is 2.91. The van der Waals surface area contributed by atoms with Gasteiger partial charge in [-0.25, -0.2) is 8.42 Å². The molecule has 0 heterocycles. The van der Waals surface area contributed by atoms with Gasteiger partial charge in [-0.05, 0) is 24.1 Å². The normalized spacial score (nSPS) is 12.9. The van der Waals surface area contributed by atoms with E-state index in [1.54, 1.807) is 12.1 Å². The van der Waals surface area contributed by atoms with Crippen molar-refractivity contribution in [3.8, 4) is 0 Å². The van der Waals surface area contributed by atoms with Gasteiger partial charge in [0.25, 0.3) is 0 Å². The van der Waals surface area contributed by atoms with Gasteiger partial charge in [-0.2, -0.15) is 0 Å². The third-order valence-electron chi connectivity index (χ3n) is 2.63. The van der Waals surface area contributed by atoms with Gasteiger partial charge in [-0.3, -0.25) is 4.79 Å². The molecule has 0 saturated heterocycles. The van der Waals surface area contributed by atoms with Crippen LogP contribution in [0.25, 0.3) is 0 Å². The van der Waals surface area contributed by atoms with E-state index in [2.05, 4.69) is 0 Å². The van der Waals surface area contributed by atoms with Crippen molar-refractivity contribution in [2.45, 2.75) is 18.2 Å². The van der Waals surface area contributed by atoms with Gasteiger partial charge in [0.2, 0.25) is 0 Å². The predicted octanol–water partition coefficient (Wildman–Crippen LogP) is 0.944. The van der Waals surface area contributed by atoms with E-state index < -0.39 is 32.7 Å².